The lowest BCUT2D eigenvalue weighted by Gasteiger charge is -2.37. The summed E-state index contributed by atoms with van der Waals surface area (Å²) in [7, 11) is 0. The molecule has 104 valence electrons. The summed E-state index contributed by atoms with van der Waals surface area (Å²) in [6.07, 6.45) is 5.72. The minimum absolute atomic E-state index is 0.522. The SMILES string of the molecule is CC1(C(=O)O)CCCN(CCCN2CCCC2)C1. The molecule has 2 aliphatic heterocycles. The lowest BCUT2D eigenvalue weighted by Crippen LogP contribution is -2.46. The first-order chi connectivity index (χ1) is 8.60. The maximum absolute atomic E-state index is 11.3. The first kappa shape index (κ1) is 13.8. The molecule has 2 aliphatic rings. The van der Waals surface area contributed by atoms with Crippen molar-refractivity contribution in [1.29, 1.82) is 0 Å². The van der Waals surface area contributed by atoms with Crippen LogP contribution in [0.4, 0.5) is 0 Å². The number of rotatable bonds is 5. The number of likely N-dealkylation sites (tertiary alicyclic amines) is 2. The fraction of sp³-hybridized carbons (Fsp3) is 0.929. The van der Waals surface area contributed by atoms with E-state index in [1.807, 2.05) is 6.92 Å². The van der Waals surface area contributed by atoms with Gasteiger partial charge in [0.25, 0.3) is 0 Å². The van der Waals surface area contributed by atoms with Crippen LogP contribution < -0.4 is 0 Å². The van der Waals surface area contributed by atoms with Gasteiger partial charge in [-0.1, -0.05) is 0 Å². The summed E-state index contributed by atoms with van der Waals surface area (Å²) in [5.41, 5.74) is -0.522. The summed E-state index contributed by atoms with van der Waals surface area (Å²) in [5, 5.41) is 9.28. The van der Waals surface area contributed by atoms with Crippen LogP contribution in [0.1, 0.15) is 39.0 Å². The predicted octanol–water partition coefficient (Wildman–Crippen LogP) is 1.66. The summed E-state index contributed by atoms with van der Waals surface area (Å²) < 4.78 is 0. The first-order valence-electron chi connectivity index (χ1n) is 7.28. The second-order valence-corrected chi connectivity index (χ2v) is 6.15. The van der Waals surface area contributed by atoms with Crippen molar-refractivity contribution in [3.63, 3.8) is 0 Å². The molecule has 1 unspecified atom stereocenters. The molecule has 4 nitrogen and oxygen atoms in total. The third-order valence-corrected chi connectivity index (χ3v) is 4.44. The van der Waals surface area contributed by atoms with Crippen LogP contribution in [0.25, 0.3) is 0 Å². The van der Waals surface area contributed by atoms with E-state index >= 15 is 0 Å². The standard InChI is InChI=1S/C14H26N2O2/c1-14(13(17)18)6-4-9-16(12-14)11-5-10-15-7-2-3-8-15/h2-12H2,1H3,(H,17,18). The number of piperidine rings is 1. The number of nitrogens with zero attached hydrogens (tertiary/aromatic N) is 2. The van der Waals surface area contributed by atoms with Gasteiger partial charge < -0.3 is 14.9 Å². The lowest BCUT2D eigenvalue weighted by atomic mass is 9.82. The number of carboxylic acid groups (broad SMARTS) is 1. The molecule has 2 saturated heterocycles. The highest BCUT2D eigenvalue weighted by molar-refractivity contribution is 5.74. The average molecular weight is 254 g/mol. The van der Waals surface area contributed by atoms with E-state index in [9.17, 15) is 9.90 Å². The highest BCUT2D eigenvalue weighted by atomic mass is 16.4. The smallest absolute Gasteiger partial charge is 0.310 e. The van der Waals surface area contributed by atoms with Gasteiger partial charge in [0.1, 0.15) is 0 Å². The van der Waals surface area contributed by atoms with Crippen LogP contribution in [-0.4, -0.2) is 60.1 Å². The molecule has 0 spiro atoms. The van der Waals surface area contributed by atoms with Crippen molar-refractivity contribution in [2.45, 2.75) is 39.0 Å². The number of carboxylic acids is 1. The van der Waals surface area contributed by atoms with Gasteiger partial charge in [-0.05, 0) is 71.8 Å². The second-order valence-electron chi connectivity index (χ2n) is 6.15. The molecule has 0 aliphatic carbocycles. The third-order valence-electron chi connectivity index (χ3n) is 4.44. The Morgan fingerprint density at radius 1 is 1.11 bits per heavy atom. The lowest BCUT2D eigenvalue weighted by molar-refractivity contribution is -0.151. The van der Waals surface area contributed by atoms with Gasteiger partial charge in [-0.15, -0.1) is 0 Å². The fourth-order valence-corrected chi connectivity index (χ4v) is 3.23. The highest BCUT2D eigenvalue weighted by Crippen LogP contribution is 2.29. The van der Waals surface area contributed by atoms with E-state index in [-0.39, 0.29) is 0 Å². The number of hydrogen-bond acceptors (Lipinski definition) is 3. The molecule has 0 aromatic rings. The van der Waals surface area contributed by atoms with Crippen molar-refractivity contribution in [1.82, 2.24) is 9.80 Å². The van der Waals surface area contributed by atoms with Gasteiger partial charge in [0.05, 0.1) is 5.41 Å². The summed E-state index contributed by atoms with van der Waals surface area (Å²) in [6.45, 7) is 8.44. The fourth-order valence-electron chi connectivity index (χ4n) is 3.23. The van der Waals surface area contributed by atoms with Crippen LogP contribution in [0, 0.1) is 5.41 Å². The largest absolute Gasteiger partial charge is 0.481 e. The monoisotopic (exact) mass is 254 g/mol. The van der Waals surface area contributed by atoms with Gasteiger partial charge in [-0.2, -0.15) is 0 Å². The molecule has 0 bridgehead atoms. The zero-order valence-corrected chi connectivity index (χ0v) is 11.5. The molecule has 2 fully saturated rings. The molecule has 0 aromatic carbocycles. The van der Waals surface area contributed by atoms with E-state index < -0.39 is 11.4 Å². The summed E-state index contributed by atoms with van der Waals surface area (Å²) >= 11 is 0. The van der Waals surface area contributed by atoms with Crippen LogP contribution in [0.15, 0.2) is 0 Å². The molecular formula is C14H26N2O2. The summed E-state index contributed by atoms with van der Waals surface area (Å²) in [5.74, 6) is -0.633. The molecule has 0 saturated carbocycles. The van der Waals surface area contributed by atoms with Crippen molar-refractivity contribution in [2.24, 2.45) is 5.41 Å². The molecule has 0 amide bonds. The predicted molar refractivity (Wildman–Crippen MR) is 71.7 cm³/mol. The van der Waals surface area contributed by atoms with Gasteiger partial charge >= 0.3 is 5.97 Å². The molecular weight excluding hydrogens is 228 g/mol. The van der Waals surface area contributed by atoms with Gasteiger partial charge in [-0.25, -0.2) is 0 Å². The van der Waals surface area contributed by atoms with Crippen molar-refractivity contribution in [3.05, 3.63) is 0 Å². The highest BCUT2D eigenvalue weighted by Gasteiger charge is 2.37. The maximum atomic E-state index is 11.3. The van der Waals surface area contributed by atoms with E-state index in [0.717, 1.165) is 32.5 Å². The molecule has 1 N–H and O–H groups in total. The topological polar surface area (TPSA) is 43.8 Å². The summed E-state index contributed by atoms with van der Waals surface area (Å²) in [4.78, 5) is 16.1. The molecule has 0 radical (unpaired) electrons. The summed E-state index contributed by atoms with van der Waals surface area (Å²) in [6, 6.07) is 0. The van der Waals surface area contributed by atoms with Crippen molar-refractivity contribution >= 4 is 5.97 Å². The average Bonchev–Trinajstić information content (AvgIpc) is 2.82. The Bertz CT molecular complexity index is 290. The van der Waals surface area contributed by atoms with Crippen LogP contribution in [0.2, 0.25) is 0 Å². The Morgan fingerprint density at radius 2 is 1.72 bits per heavy atom. The van der Waals surface area contributed by atoms with Crippen molar-refractivity contribution in [3.8, 4) is 0 Å². The normalized spacial score (nSPS) is 30.7. The zero-order valence-electron chi connectivity index (χ0n) is 11.5. The minimum Gasteiger partial charge on any atom is -0.481 e. The molecule has 0 aromatic heterocycles. The molecule has 2 rings (SSSR count). The molecule has 18 heavy (non-hydrogen) atoms. The van der Waals surface area contributed by atoms with Gasteiger partial charge in [0.15, 0.2) is 0 Å². The van der Waals surface area contributed by atoms with E-state index in [1.165, 1.54) is 38.9 Å². The molecule has 4 heteroatoms. The third kappa shape index (κ3) is 3.45. The van der Waals surface area contributed by atoms with Gasteiger partial charge in [0.2, 0.25) is 0 Å². The van der Waals surface area contributed by atoms with E-state index in [2.05, 4.69) is 9.80 Å². The van der Waals surface area contributed by atoms with Gasteiger partial charge in [0, 0.05) is 6.54 Å². The Labute approximate surface area is 110 Å². The van der Waals surface area contributed by atoms with Crippen molar-refractivity contribution < 1.29 is 9.90 Å². The Kier molecular flexibility index (Phi) is 4.62. The van der Waals surface area contributed by atoms with Crippen LogP contribution in [-0.2, 0) is 4.79 Å². The van der Waals surface area contributed by atoms with E-state index in [1.54, 1.807) is 0 Å². The first-order valence-corrected chi connectivity index (χ1v) is 7.28. The van der Waals surface area contributed by atoms with E-state index in [4.69, 9.17) is 0 Å². The second kappa shape index (κ2) is 6.02. The van der Waals surface area contributed by atoms with Crippen molar-refractivity contribution in [2.75, 3.05) is 39.3 Å². The maximum Gasteiger partial charge on any atom is 0.310 e. The van der Waals surface area contributed by atoms with Crippen LogP contribution >= 0.6 is 0 Å². The Hall–Kier alpha value is -0.610. The zero-order chi connectivity index (χ0) is 13.0. The molecule has 2 heterocycles. The minimum atomic E-state index is -0.633. The number of hydrogen-bond donors (Lipinski definition) is 1. The van der Waals surface area contributed by atoms with Crippen LogP contribution in [0.5, 0.6) is 0 Å². The Morgan fingerprint density at radius 3 is 2.39 bits per heavy atom. The number of aliphatic carboxylic acids is 1. The van der Waals surface area contributed by atoms with Crippen LogP contribution in [0.3, 0.4) is 0 Å². The van der Waals surface area contributed by atoms with Gasteiger partial charge in [-0.3, -0.25) is 4.79 Å². The molecule has 1 atom stereocenters. The quantitative estimate of drug-likeness (QED) is 0.810. The number of carbonyl (C=O) groups is 1. The van der Waals surface area contributed by atoms with E-state index in [0.29, 0.717) is 0 Å². The Balaban J connectivity index is 1.70.